The molecule has 4 rings (SSSR count). The molecule has 0 radical (unpaired) electrons. The van der Waals surface area contributed by atoms with Gasteiger partial charge < -0.3 is 18.8 Å². The third-order valence-electron chi connectivity index (χ3n) is 3.99. The number of hydrogen-bond donors (Lipinski definition) is 0. The number of rotatable bonds is 3. The van der Waals surface area contributed by atoms with E-state index in [1.807, 2.05) is 12.1 Å². The summed E-state index contributed by atoms with van der Waals surface area (Å²) in [5.41, 5.74) is 1.15. The summed E-state index contributed by atoms with van der Waals surface area (Å²) >= 11 is 4.65. The first-order valence-electron chi connectivity index (χ1n) is 7.90. The van der Waals surface area contributed by atoms with E-state index in [-0.39, 0.29) is 13.3 Å². The second-order valence-corrected chi connectivity index (χ2v) is 7.48. The number of methoxy groups -OCH3 is 1. The molecule has 0 aliphatic carbocycles. The van der Waals surface area contributed by atoms with E-state index >= 15 is 0 Å². The van der Waals surface area contributed by atoms with Crippen LogP contribution in [-0.2, 0) is 16.1 Å². The highest BCUT2D eigenvalue weighted by atomic mass is 79.9. The van der Waals surface area contributed by atoms with Gasteiger partial charge in [0.2, 0.25) is 6.79 Å². The van der Waals surface area contributed by atoms with Crippen molar-refractivity contribution in [3.8, 4) is 11.5 Å². The number of ether oxygens (including phenoxy) is 3. The van der Waals surface area contributed by atoms with Gasteiger partial charge in [-0.25, -0.2) is 0 Å². The highest BCUT2D eigenvalue weighted by molar-refractivity contribution is 9.10. The van der Waals surface area contributed by atoms with Crippen LogP contribution in [0.4, 0.5) is 0 Å². The molecule has 0 fully saturated rings. The fourth-order valence-electron chi connectivity index (χ4n) is 2.67. The minimum atomic E-state index is -0.442. The summed E-state index contributed by atoms with van der Waals surface area (Å²) in [7, 11) is 1.31. The number of carbonyl (C=O) groups excluding carboxylic acids is 2. The number of carbonyl (C=O) groups is 2. The summed E-state index contributed by atoms with van der Waals surface area (Å²) in [6.07, 6.45) is 0. The molecule has 1 aromatic heterocycles. The van der Waals surface area contributed by atoms with Gasteiger partial charge in [0.1, 0.15) is 6.54 Å². The zero-order chi connectivity index (χ0) is 19.0. The first-order chi connectivity index (χ1) is 13.1. The van der Waals surface area contributed by atoms with Crippen molar-refractivity contribution in [2.24, 2.45) is 4.99 Å². The number of amides is 1. The van der Waals surface area contributed by atoms with Crippen molar-refractivity contribution >= 4 is 49.4 Å². The molecule has 138 valence electrons. The average Bonchev–Trinajstić information content (AvgIpc) is 3.24. The van der Waals surface area contributed by atoms with E-state index in [0.29, 0.717) is 31.9 Å². The lowest BCUT2D eigenvalue weighted by Crippen LogP contribution is -2.22. The summed E-state index contributed by atoms with van der Waals surface area (Å²) < 4.78 is 18.7. The Bertz CT molecular complexity index is 1130. The van der Waals surface area contributed by atoms with Crippen molar-refractivity contribution in [1.82, 2.24) is 4.57 Å². The van der Waals surface area contributed by atoms with Crippen LogP contribution in [0.25, 0.3) is 10.2 Å². The van der Waals surface area contributed by atoms with Crippen LogP contribution in [0, 0.1) is 0 Å². The van der Waals surface area contributed by atoms with Gasteiger partial charge in [-0.15, -0.1) is 0 Å². The molecule has 0 saturated heterocycles. The molecule has 1 aliphatic rings. The number of aromatic nitrogens is 1. The Morgan fingerprint density at radius 1 is 1.26 bits per heavy atom. The van der Waals surface area contributed by atoms with Gasteiger partial charge in [-0.2, -0.15) is 4.99 Å². The van der Waals surface area contributed by atoms with Gasteiger partial charge in [-0.1, -0.05) is 23.5 Å². The lowest BCUT2D eigenvalue weighted by molar-refractivity contribution is -0.141. The fraction of sp³-hybridized carbons (Fsp3) is 0.167. The Balaban J connectivity index is 1.88. The summed E-state index contributed by atoms with van der Waals surface area (Å²) in [5, 5.41) is 0. The van der Waals surface area contributed by atoms with Gasteiger partial charge in [0, 0.05) is 16.6 Å². The number of fused-ring (bicyclic) bond motifs is 2. The van der Waals surface area contributed by atoms with Gasteiger partial charge in [0.05, 0.1) is 22.9 Å². The second kappa shape index (κ2) is 7.16. The third-order valence-corrected chi connectivity index (χ3v) is 5.73. The smallest absolute Gasteiger partial charge is 0.325 e. The number of benzene rings is 2. The lowest BCUT2D eigenvalue weighted by Gasteiger charge is -2.04. The van der Waals surface area contributed by atoms with Crippen molar-refractivity contribution in [2.45, 2.75) is 6.54 Å². The maximum absolute atomic E-state index is 12.7. The molecular weight excluding hydrogens is 436 g/mol. The highest BCUT2D eigenvalue weighted by Gasteiger charge is 2.19. The molecule has 0 atom stereocenters. The van der Waals surface area contributed by atoms with Crippen molar-refractivity contribution < 1.29 is 23.8 Å². The minimum absolute atomic E-state index is 0.0712. The number of esters is 1. The molecule has 1 amide bonds. The first-order valence-corrected chi connectivity index (χ1v) is 9.51. The Morgan fingerprint density at radius 2 is 2.00 bits per heavy atom. The number of thiazole rings is 1. The van der Waals surface area contributed by atoms with Crippen LogP contribution < -0.4 is 14.3 Å². The van der Waals surface area contributed by atoms with Crippen LogP contribution in [0.1, 0.15) is 10.4 Å². The Hall–Kier alpha value is -2.65. The van der Waals surface area contributed by atoms with E-state index in [9.17, 15) is 9.59 Å². The zero-order valence-corrected chi connectivity index (χ0v) is 16.5. The summed E-state index contributed by atoms with van der Waals surface area (Å²) in [6.45, 7) is 0.0829. The normalized spacial score (nSPS) is 13.2. The molecule has 2 aromatic carbocycles. The molecule has 1 aliphatic heterocycles. The first kappa shape index (κ1) is 17.7. The lowest BCUT2D eigenvalue weighted by atomic mass is 10.2. The van der Waals surface area contributed by atoms with E-state index in [0.717, 1.165) is 4.70 Å². The molecule has 0 spiro atoms. The van der Waals surface area contributed by atoms with E-state index in [1.54, 1.807) is 28.8 Å². The Labute approximate surface area is 165 Å². The van der Waals surface area contributed by atoms with Gasteiger partial charge in [-0.3, -0.25) is 9.59 Å². The van der Waals surface area contributed by atoms with Crippen LogP contribution in [-0.4, -0.2) is 30.3 Å². The molecule has 2 heterocycles. The van der Waals surface area contributed by atoms with Crippen LogP contribution in [0.15, 0.2) is 45.9 Å². The van der Waals surface area contributed by atoms with Gasteiger partial charge in [0.15, 0.2) is 16.3 Å². The summed E-state index contributed by atoms with van der Waals surface area (Å²) in [4.78, 5) is 29.2. The molecule has 0 unspecified atom stereocenters. The van der Waals surface area contributed by atoms with Gasteiger partial charge in [0.25, 0.3) is 5.91 Å². The number of nitrogens with zero attached hydrogens (tertiary/aromatic N) is 2. The molecule has 0 N–H and O–H groups in total. The van der Waals surface area contributed by atoms with Crippen LogP contribution in [0.2, 0.25) is 0 Å². The highest BCUT2D eigenvalue weighted by Crippen LogP contribution is 2.37. The van der Waals surface area contributed by atoms with Gasteiger partial charge >= 0.3 is 5.97 Å². The van der Waals surface area contributed by atoms with Crippen molar-refractivity contribution in [3.63, 3.8) is 0 Å². The molecule has 0 bridgehead atoms. The SMILES string of the molecule is COC(=O)Cn1c(=NC(=O)c2ccccc2Br)sc2cc3c(cc21)OCO3. The predicted octanol–water partition coefficient (Wildman–Crippen LogP) is 3.11. The van der Waals surface area contributed by atoms with Crippen molar-refractivity contribution in [1.29, 1.82) is 0 Å². The molecule has 27 heavy (non-hydrogen) atoms. The van der Waals surface area contributed by atoms with E-state index < -0.39 is 11.9 Å². The largest absolute Gasteiger partial charge is 0.468 e. The minimum Gasteiger partial charge on any atom is -0.468 e. The van der Waals surface area contributed by atoms with Crippen LogP contribution in [0.3, 0.4) is 0 Å². The zero-order valence-electron chi connectivity index (χ0n) is 14.1. The predicted molar refractivity (Wildman–Crippen MR) is 102 cm³/mol. The van der Waals surface area contributed by atoms with E-state index in [1.165, 1.54) is 18.4 Å². The topological polar surface area (TPSA) is 79.1 Å². The number of halogens is 1. The second-order valence-electron chi connectivity index (χ2n) is 5.62. The Morgan fingerprint density at radius 3 is 2.74 bits per heavy atom. The summed E-state index contributed by atoms with van der Waals surface area (Å²) in [6, 6.07) is 10.6. The third kappa shape index (κ3) is 3.35. The number of hydrogen-bond acceptors (Lipinski definition) is 6. The monoisotopic (exact) mass is 448 g/mol. The summed E-state index contributed by atoms with van der Waals surface area (Å²) in [5.74, 6) is 0.357. The maximum Gasteiger partial charge on any atom is 0.325 e. The Kier molecular flexibility index (Phi) is 4.71. The van der Waals surface area contributed by atoms with Crippen molar-refractivity contribution in [2.75, 3.05) is 13.9 Å². The standard InChI is InChI=1S/C18H13BrN2O5S/c1-24-16(22)8-21-12-6-13-14(26-9-25-13)7-15(12)27-18(21)20-17(23)10-4-2-3-5-11(10)19/h2-7H,8-9H2,1H3. The van der Waals surface area contributed by atoms with E-state index in [4.69, 9.17) is 14.2 Å². The molecule has 7 nitrogen and oxygen atoms in total. The maximum atomic E-state index is 12.7. The molecule has 3 aromatic rings. The molecule has 9 heteroatoms. The van der Waals surface area contributed by atoms with Crippen molar-refractivity contribution in [3.05, 3.63) is 51.2 Å². The van der Waals surface area contributed by atoms with E-state index in [2.05, 4.69) is 20.9 Å². The van der Waals surface area contributed by atoms with Gasteiger partial charge in [-0.05, 0) is 28.1 Å². The molecular formula is C18H13BrN2O5S. The quantitative estimate of drug-likeness (QED) is 0.575. The van der Waals surface area contributed by atoms with Crippen LogP contribution >= 0.6 is 27.3 Å². The molecule has 0 saturated carbocycles. The van der Waals surface area contributed by atoms with Crippen LogP contribution in [0.5, 0.6) is 11.5 Å². The fourth-order valence-corrected chi connectivity index (χ4v) is 4.17. The average molecular weight is 449 g/mol.